The van der Waals surface area contributed by atoms with Gasteiger partial charge in [-0.05, 0) is 53.9 Å². The van der Waals surface area contributed by atoms with Crippen LogP contribution < -0.4 is 15.0 Å². The third kappa shape index (κ3) is 4.00. The van der Waals surface area contributed by atoms with E-state index in [4.69, 9.17) is 19.2 Å². The molecule has 32 heavy (non-hydrogen) atoms. The molecule has 0 saturated heterocycles. The molecule has 2 aliphatic carbocycles. The number of nitriles is 1. The molecule has 1 fully saturated rings. The summed E-state index contributed by atoms with van der Waals surface area (Å²) in [5.41, 5.74) is 3.57. The number of ether oxygens (including phenoxy) is 3. The van der Waals surface area contributed by atoms with Crippen molar-refractivity contribution in [3.8, 4) is 29.1 Å². The second-order valence-corrected chi connectivity index (χ2v) is 9.70. The first kappa shape index (κ1) is 22.3. The molecule has 1 atom stereocenters. The number of pyridine rings is 2. The van der Waals surface area contributed by atoms with Gasteiger partial charge in [-0.3, -0.25) is 4.79 Å². The van der Waals surface area contributed by atoms with Crippen LogP contribution in [-0.4, -0.2) is 37.0 Å². The lowest BCUT2D eigenvalue weighted by atomic mass is 9.69. The van der Waals surface area contributed by atoms with Crippen LogP contribution in [0.4, 0.5) is 0 Å². The fourth-order valence-electron chi connectivity index (χ4n) is 4.55. The summed E-state index contributed by atoms with van der Waals surface area (Å²) in [5, 5.41) is 9.65. The van der Waals surface area contributed by atoms with Crippen LogP contribution in [0.15, 0.2) is 16.9 Å². The zero-order valence-corrected chi connectivity index (χ0v) is 19.5. The Morgan fingerprint density at radius 1 is 1.22 bits per heavy atom. The highest BCUT2D eigenvalue weighted by Crippen LogP contribution is 2.50. The average molecular weight is 438 g/mol. The molecule has 0 radical (unpaired) electrons. The summed E-state index contributed by atoms with van der Waals surface area (Å²) in [6.07, 6.45) is 3.40. The van der Waals surface area contributed by atoms with Crippen LogP contribution in [0.1, 0.15) is 68.7 Å². The van der Waals surface area contributed by atoms with Crippen LogP contribution in [0.5, 0.6) is 11.6 Å². The predicted octanol–water partition coefficient (Wildman–Crippen LogP) is 4.23. The molecule has 0 amide bonds. The minimum absolute atomic E-state index is 0.0651. The van der Waals surface area contributed by atoms with E-state index in [0.717, 1.165) is 48.2 Å². The minimum Gasteiger partial charge on any atom is -0.488 e. The summed E-state index contributed by atoms with van der Waals surface area (Å²) >= 11 is 0. The maximum absolute atomic E-state index is 13.2. The summed E-state index contributed by atoms with van der Waals surface area (Å²) in [7, 11) is 3.24. The van der Waals surface area contributed by atoms with Gasteiger partial charge < -0.3 is 18.8 Å². The van der Waals surface area contributed by atoms with Crippen molar-refractivity contribution in [3.05, 3.63) is 39.2 Å². The third-order valence-corrected chi connectivity index (χ3v) is 6.34. The second-order valence-electron chi connectivity index (χ2n) is 9.70. The zero-order valence-electron chi connectivity index (χ0n) is 19.5. The normalized spacial score (nSPS) is 17.3. The monoisotopic (exact) mass is 437 g/mol. The maximum Gasteiger partial charge on any atom is 0.269 e. The topological polar surface area (TPSA) is 86.4 Å². The van der Waals surface area contributed by atoms with Crippen molar-refractivity contribution < 1.29 is 14.2 Å². The Morgan fingerprint density at radius 2 is 1.97 bits per heavy atom. The van der Waals surface area contributed by atoms with E-state index in [1.807, 2.05) is 10.6 Å². The number of hydrogen-bond donors (Lipinski definition) is 0. The number of aromatic nitrogens is 2. The molecular weight excluding hydrogens is 406 g/mol. The van der Waals surface area contributed by atoms with E-state index < -0.39 is 0 Å². The van der Waals surface area contributed by atoms with Gasteiger partial charge in [0.25, 0.3) is 11.4 Å². The Kier molecular flexibility index (Phi) is 6.00. The highest BCUT2D eigenvalue weighted by molar-refractivity contribution is 5.71. The molecule has 0 unspecified atom stereocenters. The highest BCUT2D eigenvalue weighted by atomic mass is 16.5. The largest absolute Gasteiger partial charge is 0.488 e. The molecule has 0 aromatic carbocycles. The van der Waals surface area contributed by atoms with E-state index in [-0.39, 0.29) is 28.5 Å². The predicted molar refractivity (Wildman–Crippen MR) is 121 cm³/mol. The Morgan fingerprint density at radius 3 is 2.56 bits per heavy atom. The molecule has 7 heteroatoms. The molecule has 1 saturated carbocycles. The molecule has 0 spiro atoms. The molecule has 2 heterocycles. The van der Waals surface area contributed by atoms with Gasteiger partial charge in [0.2, 0.25) is 0 Å². The van der Waals surface area contributed by atoms with Gasteiger partial charge in [0.1, 0.15) is 11.6 Å². The van der Waals surface area contributed by atoms with Gasteiger partial charge in [-0.25, -0.2) is 4.98 Å². The highest BCUT2D eigenvalue weighted by Gasteiger charge is 2.39. The fourth-order valence-corrected chi connectivity index (χ4v) is 4.55. The molecule has 7 nitrogen and oxygen atoms in total. The number of hydrogen-bond acceptors (Lipinski definition) is 6. The number of rotatable bonds is 7. The lowest BCUT2D eigenvalue weighted by molar-refractivity contribution is 0.170. The Balaban J connectivity index is 1.91. The van der Waals surface area contributed by atoms with Crippen molar-refractivity contribution in [2.45, 2.75) is 58.4 Å². The van der Waals surface area contributed by atoms with Crippen LogP contribution in [0.2, 0.25) is 0 Å². The zero-order chi connectivity index (χ0) is 23.0. The van der Waals surface area contributed by atoms with E-state index in [0.29, 0.717) is 24.8 Å². The fraction of sp³-hybridized carbons (Fsp3) is 0.560. The second kappa shape index (κ2) is 8.59. The average Bonchev–Trinajstić information content (AvgIpc) is 3.59. The summed E-state index contributed by atoms with van der Waals surface area (Å²) < 4.78 is 18.5. The molecule has 0 N–H and O–H groups in total. The summed E-state index contributed by atoms with van der Waals surface area (Å²) in [6.45, 7) is 7.72. The molecule has 2 aromatic heterocycles. The van der Waals surface area contributed by atoms with Crippen molar-refractivity contribution in [1.82, 2.24) is 9.55 Å². The third-order valence-electron chi connectivity index (χ3n) is 6.34. The van der Waals surface area contributed by atoms with Crippen molar-refractivity contribution in [3.63, 3.8) is 0 Å². The van der Waals surface area contributed by atoms with Crippen molar-refractivity contribution in [1.29, 1.82) is 5.26 Å². The summed E-state index contributed by atoms with van der Waals surface area (Å²) in [4.78, 5) is 18.0. The number of nitrogens with zero attached hydrogens (tertiary/aromatic N) is 3. The molecule has 0 aliphatic heterocycles. The van der Waals surface area contributed by atoms with Crippen LogP contribution in [0.3, 0.4) is 0 Å². The SMILES string of the molecule is COCCCOc1cc2c(nc1OC)-c1c(cc(C#N)c(=O)n1C1CC1)[C@@H](C(C)(C)C)C2. The van der Waals surface area contributed by atoms with Gasteiger partial charge in [0, 0.05) is 26.2 Å². The maximum atomic E-state index is 13.2. The Bertz CT molecular complexity index is 1120. The van der Waals surface area contributed by atoms with Gasteiger partial charge in [-0.2, -0.15) is 5.26 Å². The van der Waals surface area contributed by atoms with Crippen molar-refractivity contribution in [2.24, 2.45) is 5.41 Å². The number of fused-ring (bicyclic) bond motifs is 3. The first-order valence-corrected chi connectivity index (χ1v) is 11.2. The van der Waals surface area contributed by atoms with Gasteiger partial charge in [0.05, 0.1) is 25.1 Å². The van der Waals surface area contributed by atoms with E-state index in [1.54, 1.807) is 20.3 Å². The van der Waals surface area contributed by atoms with Gasteiger partial charge in [-0.1, -0.05) is 20.8 Å². The van der Waals surface area contributed by atoms with Gasteiger partial charge in [-0.15, -0.1) is 0 Å². The first-order valence-electron chi connectivity index (χ1n) is 11.2. The van der Waals surface area contributed by atoms with Crippen molar-refractivity contribution >= 4 is 0 Å². The molecule has 2 aromatic rings. The molecule has 0 bridgehead atoms. The van der Waals surface area contributed by atoms with Crippen LogP contribution in [-0.2, 0) is 11.2 Å². The van der Waals surface area contributed by atoms with Gasteiger partial charge >= 0.3 is 0 Å². The summed E-state index contributed by atoms with van der Waals surface area (Å²) in [5.74, 6) is 1.15. The van der Waals surface area contributed by atoms with E-state index in [2.05, 4.69) is 26.8 Å². The first-order chi connectivity index (χ1) is 15.3. The quantitative estimate of drug-likeness (QED) is 0.603. The Hall–Kier alpha value is -2.85. The Labute approximate surface area is 188 Å². The lowest BCUT2D eigenvalue weighted by Gasteiger charge is -2.37. The molecule has 170 valence electrons. The minimum atomic E-state index is -0.227. The van der Waals surface area contributed by atoms with E-state index in [1.165, 1.54) is 0 Å². The van der Waals surface area contributed by atoms with Crippen LogP contribution >= 0.6 is 0 Å². The standard InChI is InChI=1S/C25H31N3O4/c1-25(2,3)19-12-15-13-20(32-10-6-9-30-4)23(31-5)27-21(15)22-18(19)11-16(14-26)24(29)28(22)17-7-8-17/h11,13,17,19H,6-10,12H2,1-5H3/t19-/m0/s1. The smallest absolute Gasteiger partial charge is 0.269 e. The van der Waals surface area contributed by atoms with Crippen molar-refractivity contribution in [2.75, 3.05) is 27.4 Å². The number of methoxy groups -OCH3 is 2. The molecule has 4 rings (SSSR count). The van der Waals surface area contributed by atoms with Crippen LogP contribution in [0, 0.1) is 16.7 Å². The molecular formula is C25H31N3O4. The lowest BCUT2D eigenvalue weighted by Crippen LogP contribution is -2.32. The van der Waals surface area contributed by atoms with E-state index in [9.17, 15) is 10.1 Å². The molecule has 2 aliphatic rings. The van der Waals surface area contributed by atoms with Crippen LogP contribution in [0.25, 0.3) is 11.4 Å². The van der Waals surface area contributed by atoms with Gasteiger partial charge in [0.15, 0.2) is 5.75 Å². The summed E-state index contributed by atoms with van der Waals surface area (Å²) in [6, 6.07) is 6.04. The van der Waals surface area contributed by atoms with E-state index >= 15 is 0 Å².